The highest BCUT2D eigenvalue weighted by Crippen LogP contribution is 2.38. The van der Waals surface area contributed by atoms with Gasteiger partial charge in [-0.3, -0.25) is 4.79 Å². The van der Waals surface area contributed by atoms with Crippen LogP contribution in [0.25, 0.3) is 0 Å². The lowest BCUT2D eigenvalue weighted by Gasteiger charge is -2.15. The average Bonchev–Trinajstić information content (AvgIpc) is 2.13. The van der Waals surface area contributed by atoms with Crippen molar-refractivity contribution in [2.24, 2.45) is 0 Å². The van der Waals surface area contributed by atoms with E-state index in [4.69, 9.17) is 5.73 Å². The van der Waals surface area contributed by atoms with E-state index in [2.05, 4.69) is 4.74 Å². The molecular weight excluding hydrogens is 261 g/mol. The predicted molar refractivity (Wildman–Crippen MR) is 52.5 cm³/mol. The first-order valence-corrected chi connectivity index (χ1v) is 4.60. The molecule has 0 unspecified atom stereocenters. The fraction of sp³-hybridized carbons (Fsp3) is 0.300. The van der Waals surface area contributed by atoms with Crippen LogP contribution in [-0.4, -0.2) is 12.4 Å². The van der Waals surface area contributed by atoms with Gasteiger partial charge in [-0.2, -0.15) is 22.0 Å². The van der Waals surface area contributed by atoms with E-state index in [1.165, 1.54) is 0 Å². The first-order valence-electron chi connectivity index (χ1n) is 4.60. The molecular formula is C10H8F5NO2. The lowest BCUT2D eigenvalue weighted by Crippen LogP contribution is -2.15. The Labute approximate surface area is 98.3 Å². The first kappa shape index (κ1) is 14.2. The molecule has 2 N–H and O–H groups in total. The summed E-state index contributed by atoms with van der Waals surface area (Å²) in [6, 6.07) is 1.13. The highest BCUT2D eigenvalue weighted by atomic mass is 19.4. The molecule has 18 heavy (non-hydrogen) atoms. The number of anilines is 1. The number of carbonyl (C=O) groups excluding carboxylic acids is 1. The number of hydrogen-bond acceptors (Lipinski definition) is 3. The molecule has 0 atom stereocenters. The minimum Gasteiger partial charge on any atom is -0.434 e. The molecule has 0 amide bonds. The number of carbonyl (C=O) groups is 1. The van der Waals surface area contributed by atoms with Crippen LogP contribution in [0.3, 0.4) is 0 Å². The Bertz CT molecular complexity index is 470. The van der Waals surface area contributed by atoms with Gasteiger partial charge in [-0.25, -0.2) is 0 Å². The maximum Gasteiger partial charge on any atom is 0.418 e. The van der Waals surface area contributed by atoms with Gasteiger partial charge in [0.2, 0.25) is 0 Å². The van der Waals surface area contributed by atoms with Crippen LogP contribution in [0.1, 0.15) is 22.8 Å². The number of nitrogens with two attached hydrogens (primary N) is 1. The number of nitrogen functional groups attached to an aromatic ring is 1. The molecule has 3 nitrogen and oxygen atoms in total. The van der Waals surface area contributed by atoms with Crippen LogP contribution in [-0.2, 0) is 6.18 Å². The van der Waals surface area contributed by atoms with Gasteiger partial charge in [-0.15, -0.1) is 0 Å². The summed E-state index contributed by atoms with van der Waals surface area (Å²) in [7, 11) is 0. The van der Waals surface area contributed by atoms with E-state index < -0.39 is 41.1 Å². The van der Waals surface area contributed by atoms with E-state index in [1.54, 1.807) is 0 Å². The highest BCUT2D eigenvalue weighted by Gasteiger charge is 2.35. The van der Waals surface area contributed by atoms with Crippen LogP contribution < -0.4 is 10.5 Å². The average molecular weight is 269 g/mol. The Morgan fingerprint density at radius 1 is 1.33 bits per heavy atom. The molecule has 1 aromatic carbocycles. The third kappa shape index (κ3) is 2.88. The zero-order valence-electron chi connectivity index (χ0n) is 9.02. The zero-order chi connectivity index (χ0) is 14.1. The lowest BCUT2D eigenvalue weighted by atomic mass is 10.0. The van der Waals surface area contributed by atoms with E-state index in [0.29, 0.717) is 12.1 Å². The third-order valence-corrected chi connectivity index (χ3v) is 2.08. The lowest BCUT2D eigenvalue weighted by molar-refractivity contribution is -0.136. The van der Waals surface area contributed by atoms with Crippen LogP contribution in [0.5, 0.6) is 5.75 Å². The Kier molecular flexibility index (Phi) is 3.78. The van der Waals surface area contributed by atoms with E-state index >= 15 is 0 Å². The summed E-state index contributed by atoms with van der Waals surface area (Å²) >= 11 is 0. The molecule has 0 fully saturated rings. The van der Waals surface area contributed by atoms with Gasteiger partial charge < -0.3 is 10.5 Å². The van der Waals surface area contributed by atoms with Gasteiger partial charge in [-0.05, 0) is 19.1 Å². The van der Waals surface area contributed by atoms with Crippen LogP contribution in [0.4, 0.5) is 27.6 Å². The van der Waals surface area contributed by atoms with Crippen molar-refractivity contribution in [1.29, 1.82) is 0 Å². The summed E-state index contributed by atoms with van der Waals surface area (Å²) in [6.45, 7) is -2.36. The van der Waals surface area contributed by atoms with Gasteiger partial charge in [-0.1, -0.05) is 0 Å². The molecule has 0 radical (unpaired) electrons. The smallest absolute Gasteiger partial charge is 0.418 e. The van der Waals surface area contributed by atoms with Crippen molar-refractivity contribution in [1.82, 2.24) is 0 Å². The molecule has 0 heterocycles. The summed E-state index contributed by atoms with van der Waals surface area (Å²) in [4.78, 5) is 11.2. The summed E-state index contributed by atoms with van der Waals surface area (Å²) in [5.74, 6) is -1.57. The van der Waals surface area contributed by atoms with Crippen LogP contribution in [0.15, 0.2) is 12.1 Å². The van der Waals surface area contributed by atoms with Crippen molar-refractivity contribution in [3.8, 4) is 5.75 Å². The summed E-state index contributed by atoms with van der Waals surface area (Å²) in [5, 5.41) is 0. The molecule has 0 aliphatic heterocycles. The number of alkyl halides is 5. The number of benzene rings is 1. The topological polar surface area (TPSA) is 52.3 Å². The number of ketones is 1. The molecule has 0 aliphatic carbocycles. The number of hydrogen-bond donors (Lipinski definition) is 1. The minimum absolute atomic E-state index is 0.486. The number of halogens is 5. The molecule has 0 saturated heterocycles. The first-order chi connectivity index (χ1) is 8.14. The van der Waals surface area contributed by atoms with E-state index in [0.717, 1.165) is 6.92 Å². The van der Waals surface area contributed by atoms with E-state index in [1.807, 2.05) is 0 Å². The summed E-state index contributed by atoms with van der Waals surface area (Å²) in [5.41, 5.74) is 2.29. The fourth-order valence-corrected chi connectivity index (χ4v) is 1.40. The minimum atomic E-state index is -4.78. The van der Waals surface area contributed by atoms with Crippen LogP contribution in [0.2, 0.25) is 0 Å². The molecule has 0 saturated carbocycles. The van der Waals surface area contributed by atoms with Crippen LogP contribution >= 0.6 is 0 Å². The Morgan fingerprint density at radius 3 is 2.28 bits per heavy atom. The van der Waals surface area contributed by atoms with Gasteiger partial charge in [0.25, 0.3) is 0 Å². The van der Waals surface area contributed by atoms with Gasteiger partial charge in [0, 0.05) is 0 Å². The zero-order valence-corrected chi connectivity index (χ0v) is 9.02. The number of Topliss-reactive ketones (excluding diaryl/α,β-unsaturated/α-hetero) is 1. The molecule has 0 aliphatic rings. The maximum atomic E-state index is 12.5. The molecule has 100 valence electrons. The highest BCUT2D eigenvalue weighted by molar-refractivity contribution is 6.02. The summed E-state index contributed by atoms with van der Waals surface area (Å²) in [6.07, 6.45) is -4.78. The Morgan fingerprint density at radius 2 is 1.89 bits per heavy atom. The monoisotopic (exact) mass is 269 g/mol. The fourth-order valence-electron chi connectivity index (χ4n) is 1.40. The number of rotatable bonds is 3. The molecule has 0 bridgehead atoms. The molecule has 0 spiro atoms. The standard InChI is InChI=1S/C10H8F5NO2/c1-4(17)7-6(18-9(11)12)3-2-5(8(7)16)10(13,14)15/h2-3,9H,16H2,1H3. The molecule has 0 aromatic heterocycles. The second-order valence-corrected chi connectivity index (χ2v) is 3.33. The second kappa shape index (κ2) is 4.79. The van der Waals surface area contributed by atoms with Crippen molar-refractivity contribution >= 4 is 11.5 Å². The third-order valence-electron chi connectivity index (χ3n) is 2.08. The molecule has 1 aromatic rings. The SMILES string of the molecule is CC(=O)c1c(OC(F)F)ccc(C(F)(F)F)c1N. The quantitative estimate of drug-likeness (QED) is 0.521. The van der Waals surface area contributed by atoms with Gasteiger partial charge >= 0.3 is 12.8 Å². The Hall–Kier alpha value is -1.86. The van der Waals surface area contributed by atoms with Gasteiger partial charge in [0.1, 0.15) is 5.75 Å². The number of ether oxygens (including phenoxy) is 1. The van der Waals surface area contributed by atoms with E-state index in [9.17, 15) is 26.7 Å². The van der Waals surface area contributed by atoms with Crippen molar-refractivity contribution in [2.45, 2.75) is 19.7 Å². The Balaban J connectivity index is 3.43. The van der Waals surface area contributed by atoms with Crippen molar-refractivity contribution in [3.63, 3.8) is 0 Å². The van der Waals surface area contributed by atoms with Gasteiger partial charge in [0.05, 0.1) is 16.8 Å². The predicted octanol–water partition coefficient (Wildman–Crippen LogP) is 3.09. The summed E-state index contributed by atoms with van der Waals surface area (Å²) < 4.78 is 65.5. The molecule has 1 rings (SSSR count). The second-order valence-electron chi connectivity index (χ2n) is 3.33. The van der Waals surface area contributed by atoms with E-state index in [-0.39, 0.29) is 0 Å². The van der Waals surface area contributed by atoms with Gasteiger partial charge in [0.15, 0.2) is 5.78 Å². The maximum absolute atomic E-state index is 12.5. The van der Waals surface area contributed by atoms with Crippen molar-refractivity contribution < 1.29 is 31.5 Å². The normalized spacial score (nSPS) is 11.7. The van der Waals surface area contributed by atoms with Crippen molar-refractivity contribution in [3.05, 3.63) is 23.3 Å². The molecule has 8 heteroatoms. The van der Waals surface area contributed by atoms with Crippen LogP contribution in [0, 0.1) is 0 Å². The largest absolute Gasteiger partial charge is 0.434 e. The van der Waals surface area contributed by atoms with Crippen molar-refractivity contribution in [2.75, 3.05) is 5.73 Å².